The van der Waals surface area contributed by atoms with Crippen LogP contribution in [0.25, 0.3) is 0 Å². The quantitative estimate of drug-likeness (QED) is 0.469. The first-order chi connectivity index (χ1) is 4.95. The van der Waals surface area contributed by atoms with Gasteiger partial charge in [-0.15, -0.1) is 0 Å². The van der Waals surface area contributed by atoms with Crippen molar-refractivity contribution < 1.29 is 15.0 Å². The molecule has 0 aliphatic rings. The molecule has 0 bridgehead atoms. The number of hydrogen-bond donors (Lipinski definition) is 3. The molecule has 0 radical (unpaired) electrons. The highest BCUT2D eigenvalue weighted by molar-refractivity contribution is 5.92. The maximum Gasteiger partial charge on any atom is 0.247 e. The number of aliphatic hydroxyl groups is 2. The molecule has 2 unspecified atom stereocenters. The van der Waals surface area contributed by atoms with Crippen molar-refractivity contribution in [2.45, 2.75) is 26.1 Å². The predicted octanol–water partition coefficient (Wildman–Crippen LogP) is -0.840. The molecule has 4 nitrogen and oxygen atoms in total. The summed E-state index contributed by atoms with van der Waals surface area (Å²) in [6.45, 7) is 2.89. The Hall–Kier alpha value is -0.870. The van der Waals surface area contributed by atoms with E-state index < -0.39 is 18.1 Å². The smallest absolute Gasteiger partial charge is 0.247 e. The molecule has 0 aromatic heterocycles. The zero-order valence-corrected chi connectivity index (χ0v) is 6.61. The summed E-state index contributed by atoms with van der Waals surface area (Å²) in [6.07, 6.45) is -0.471. The van der Waals surface area contributed by atoms with Crippen molar-refractivity contribution in [1.82, 2.24) is 0 Å². The Morgan fingerprint density at radius 2 is 1.91 bits per heavy atom. The van der Waals surface area contributed by atoms with Crippen LogP contribution in [0.3, 0.4) is 0 Å². The van der Waals surface area contributed by atoms with Gasteiger partial charge in [0.25, 0.3) is 0 Å². The zero-order chi connectivity index (χ0) is 9.02. The first-order valence-corrected chi connectivity index (χ1v) is 3.32. The van der Waals surface area contributed by atoms with Gasteiger partial charge < -0.3 is 15.9 Å². The highest BCUT2D eigenvalue weighted by atomic mass is 16.3. The second-order valence-electron chi connectivity index (χ2n) is 2.40. The molecule has 0 aliphatic heterocycles. The molecule has 0 fully saturated rings. The van der Waals surface area contributed by atoms with Crippen LogP contribution in [0.5, 0.6) is 0 Å². The van der Waals surface area contributed by atoms with Crippen molar-refractivity contribution in [3.05, 3.63) is 11.6 Å². The maximum atomic E-state index is 10.6. The van der Waals surface area contributed by atoms with Gasteiger partial charge >= 0.3 is 0 Å². The fraction of sp³-hybridized carbons (Fsp3) is 0.571. The monoisotopic (exact) mass is 159 g/mol. The molecule has 0 aromatic rings. The fourth-order valence-corrected chi connectivity index (χ4v) is 0.687. The molecule has 0 saturated carbocycles. The van der Waals surface area contributed by atoms with Crippen LogP contribution in [-0.2, 0) is 4.79 Å². The van der Waals surface area contributed by atoms with Crippen LogP contribution in [0.2, 0.25) is 0 Å². The largest absolute Gasteiger partial charge is 0.389 e. The van der Waals surface area contributed by atoms with Crippen LogP contribution in [0.4, 0.5) is 0 Å². The molecule has 0 aromatic carbocycles. The lowest BCUT2D eigenvalue weighted by molar-refractivity contribution is -0.115. The van der Waals surface area contributed by atoms with E-state index in [-0.39, 0.29) is 5.57 Å². The summed E-state index contributed by atoms with van der Waals surface area (Å²) < 4.78 is 0. The number of amides is 1. The van der Waals surface area contributed by atoms with E-state index in [1.165, 1.54) is 19.9 Å². The first kappa shape index (κ1) is 10.1. The minimum Gasteiger partial charge on any atom is -0.389 e. The Labute approximate surface area is 65.3 Å². The Kier molecular flexibility index (Phi) is 3.78. The van der Waals surface area contributed by atoms with Gasteiger partial charge in [0.1, 0.15) is 0 Å². The van der Waals surface area contributed by atoms with E-state index in [1.54, 1.807) is 0 Å². The third kappa shape index (κ3) is 3.75. The second kappa shape index (κ2) is 4.10. The van der Waals surface area contributed by atoms with Crippen LogP contribution in [0.1, 0.15) is 13.8 Å². The number of rotatable bonds is 3. The lowest BCUT2D eigenvalue weighted by atomic mass is 10.1. The molecule has 1 amide bonds. The Balaban J connectivity index is 4.47. The van der Waals surface area contributed by atoms with E-state index in [0.29, 0.717) is 0 Å². The van der Waals surface area contributed by atoms with Gasteiger partial charge in [-0.2, -0.15) is 0 Å². The molecule has 0 rings (SSSR count). The average Bonchev–Trinajstić information content (AvgIpc) is 1.81. The Bertz CT molecular complexity index is 173. The van der Waals surface area contributed by atoms with Crippen LogP contribution in [-0.4, -0.2) is 28.3 Å². The average molecular weight is 159 g/mol. The molecule has 0 heterocycles. The molecule has 4 N–H and O–H groups in total. The summed E-state index contributed by atoms with van der Waals surface area (Å²) in [4.78, 5) is 10.6. The van der Waals surface area contributed by atoms with Gasteiger partial charge in [-0.25, -0.2) is 0 Å². The van der Waals surface area contributed by atoms with Gasteiger partial charge in [0, 0.05) is 5.57 Å². The lowest BCUT2D eigenvalue weighted by Crippen LogP contribution is -2.23. The van der Waals surface area contributed by atoms with E-state index in [1.807, 2.05) is 0 Å². The number of hydrogen-bond acceptors (Lipinski definition) is 3. The molecule has 11 heavy (non-hydrogen) atoms. The maximum absolute atomic E-state index is 10.6. The highest BCUT2D eigenvalue weighted by Crippen LogP contribution is 2.02. The minimum absolute atomic E-state index is 0.0417. The summed E-state index contributed by atoms with van der Waals surface area (Å²) in [6, 6.07) is 0. The van der Waals surface area contributed by atoms with Crippen LogP contribution >= 0.6 is 0 Å². The predicted molar refractivity (Wildman–Crippen MR) is 40.6 cm³/mol. The van der Waals surface area contributed by atoms with Crippen LogP contribution in [0, 0.1) is 0 Å². The fourth-order valence-electron chi connectivity index (χ4n) is 0.687. The highest BCUT2D eigenvalue weighted by Gasteiger charge is 2.11. The molecule has 0 saturated heterocycles. The Morgan fingerprint density at radius 3 is 2.00 bits per heavy atom. The van der Waals surface area contributed by atoms with E-state index in [2.05, 4.69) is 0 Å². The van der Waals surface area contributed by atoms with Gasteiger partial charge in [-0.1, -0.05) is 0 Å². The molecule has 4 heteroatoms. The van der Waals surface area contributed by atoms with Crippen LogP contribution < -0.4 is 5.73 Å². The molecular formula is C7H13NO3. The van der Waals surface area contributed by atoms with Gasteiger partial charge in [-0.3, -0.25) is 4.79 Å². The van der Waals surface area contributed by atoms with Gasteiger partial charge in [-0.05, 0) is 19.9 Å². The van der Waals surface area contributed by atoms with E-state index in [9.17, 15) is 4.79 Å². The SMILES string of the molecule is CC(O)/C=C(\C(N)=O)C(C)O. The molecule has 2 atom stereocenters. The van der Waals surface area contributed by atoms with Crippen LogP contribution in [0.15, 0.2) is 11.6 Å². The molecular weight excluding hydrogens is 146 g/mol. The van der Waals surface area contributed by atoms with Gasteiger partial charge in [0.15, 0.2) is 0 Å². The Morgan fingerprint density at radius 1 is 1.45 bits per heavy atom. The lowest BCUT2D eigenvalue weighted by Gasteiger charge is -2.06. The first-order valence-electron chi connectivity index (χ1n) is 3.32. The van der Waals surface area contributed by atoms with E-state index >= 15 is 0 Å². The number of carbonyl (C=O) groups is 1. The minimum atomic E-state index is -0.929. The molecule has 64 valence electrons. The topological polar surface area (TPSA) is 83.5 Å². The standard InChI is InChI=1S/C7H13NO3/c1-4(9)3-6(5(2)10)7(8)11/h3-5,9-10H,1-2H3,(H2,8,11)/b6-3-. The molecule has 0 aliphatic carbocycles. The summed E-state index contributed by atoms with van der Waals surface area (Å²) in [5, 5.41) is 17.8. The van der Waals surface area contributed by atoms with Crippen molar-refractivity contribution in [2.24, 2.45) is 5.73 Å². The van der Waals surface area contributed by atoms with Crippen molar-refractivity contribution in [3.8, 4) is 0 Å². The summed E-state index contributed by atoms with van der Waals surface area (Å²) in [5.41, 5.74) is 4.95. The summed E-state index contributed by atoms with van der Waals surface area (Å²) >= 11 is 0. The van der Waals surface area contributed by atoms with Crippen molar-refractivity contribution in [1.29, 1.82) is 0 Å². The van der Waals surface area contributed by atoms with Crippen molar-refractivity contribution in [2.75, 3.05) is 0 Å². The third-order valence-electron chi connectivity index (χ3n) is 1.16. The summed E-state index contributed by atoms with van der Waals surface area (Å²) in [7, 11) is 0. The summed E-state index contributed by atoms with van der Waals surface area (Å²) in [5.74, 6) is -0.707. The number of nitrogens with two attached hydrogens (primary N) is 1. The number of primary amides is 1. The van der Waals surface area contributed by atoms with Gasteiger partial charge in [0.05, 0.1) is 12.2 Å². The number of aliphatic hydroxyl groups excluding tert-OH is 2. The van der Waals surface area contributed by atoms with E-state index in [0.717, 1.165) is 0 Å². The zero-order valence-electron chi connectivity index (χ0n) is 6.61. The molecule has 0 spiro atoms. The van der Waals surface area contributed by atoms with Crippen molar-refractivity contribution >= 4 is 5.91 Å². The van der Waals surface area contributed by atoms with E-state index in [4.69, 9.17) is 15.9 Å². The van der Waals surface area contributed by atoms with Crippen molar-refractivity contribution in [3.63, 3.8) is 0 Å². The normalized spacial score (nSPS) is 17.6. The number of carbonyl (C=O) groups excluding carboxylic acids is 1. The second-order valence-corrected chi connectivity index (χ2v) is 2.40. The van der Waals surface area contributed by atoms with Gasteiger partial charge in [0.2, 0.25) is 5.91 Å². The third-order valence-corrected chi connectivity index (χ3v) is 1.16.